The molecule has 9 heteroatoms. The van der Waals surface area contributed by atoms with Gasteiger partial charge in [0.1, 0.15) is 5.52 Å². The zero-order valence-corrected chi connectivity index (χ0v) is 18.3. The molecule has 2 atom stereocenters. The number of carbonyl (C=O) groups excluding carboxylic acids is 1. The van der Waals surface area contributed by atoms with Crippen LogP contribution in [0.2, 0.25) is 0 Å². The molecular formula is C23H30N8O. The molecule has 6 rings (SSSR count). The maximum absolute atomic E-state index is 13.2. The summed E-state index contributed by atoms with van der Waals surface area (Å²) in [6.45, 7) is 2.82. The van der Waals surface area contributed by atoms with E-state index in [2.05, 4.69) is 31.8 Å². The maximum atomic E-state index is 13.2. The molecule has 0 amide bonds. The van der Waals surface area contributed by atoms with Gasteiger partial charge in [-0.3, -0.25) is 9.89 Å². The quantitative estimate of drug-likeness (QED) is 0.525. The zero-order chi connectivity index (χ0) is 21.5. The van der Waals surface area contributed by atoms with Gasteiger partial charge in [-0.2, -0.15) is 10.1 Å². The van der Waals surface area contributed by atoms with Crippen molar-refractivity contribution in [3.8, 4) is 0 Å². The molecule has 3 fully saturated rings. The average Bonchev–Trinajstić information content (AvgIpc) is 3.20. The predicted molar refractivity (Wildman–Crippen MR) is 122 cm³/mol. The Kier molecular flexibility index (Phi) is 5.05. The Morgan fingerprint density at radius 3 is 3.00 bits per heavy atom. The maximum Gasteiger partial charge on any atom is 0.246 e. The van der Waals surface area contributed by atoms with E-state index in [-0.39, 0.29) is 6.04 Å². The topological polar surface area (TPSA) is 103 Å². The molecule has 5 heterocycles. The van der Waals surface area contributed by atoms with E-state index >= 15 is 0 Å². The Morgan fingerprint density at radius 2 is 2.16 bits per heavy atom. The summed E-state index contributed by atoms with van der Waals surface area (Å²) in [6, 6.07) is 5.88. The van der Waals surface area contributed by atoms with Gasteiger partial charge >= 0.3 is 0 Å². The molecule has 0 bridgehead atoms. The molecule has 3 aromatic heterocycles. The van der Waals surface area contributed by atoms with Crippen molar-refractivity contribution in [3.63, 3.8) is 0 Å². The molecule has 3 N–H and O–H groups in total. The predicted octanol–water partition coefficient (Wildman–Crippen LogP) is 3.00. The number of nitrogens with zero attached hydrogens (tertiary/aromatic N) is 5. The Bertz CT molecular complexity index is 1110. The first-order valence-corrected chi connectivity index (χ1v) is 11.9. The van der Waals surface area contributed by atoms with Gasteiger partial charge in [0.2, 0.25) is 5.95 Å². The van der Waals surface area contributed by atoms with E-state index in [0.29, 0.717) is 35.8 Å². The van der Waals surface area contributed by atoms with E-state index in [9.17, 15) is 4.79 Å². The molecule has 3 aromatic rings. The minimum Gasteiger partial charge on any atom is -0.329 e. The van der Waals surface area contributed by atoms with Crippen LogP contribution >= 0.6 is 0 Å². The molecule has 0 radical (unpaired) electrons. The fourth-order valence-corrected chi connectivity index (χ4v) is 5.12. The molecule has 1 saturated carbocycles. The van der Waals surface area contributed by atoms with Gasteiger partial charge in [0.05, 0.1) is 6.04 Å². The number of Topliss-reactive ketones (excluding diaryl/α,β-unsaturated/α-hetero) is 1. The molecule has 0 spiro atoms. The van der Waals surface area contributed by atoms with Crippen molar-refractivity contribution < 1.29 is 4.79 Å². The number of hydrogen-bond acceptors (Lipinski definition) is 7. The minimum atomic E-state index is -0.135. The summed E-state index contributed by atoms with van der Waals surface area (Å²) in [7, 11) is 0. The van der Waals surface area contributed by atoms with Crippen molar-refractivity contribution in [1.29, 1.82) is 0 Å². The highest BCUT2D eigenvalue weighted by molar-refractivity contribution is 5.87. The Morgan fingerprint density at radius 1 is 1.22 bits per heavy atom. The second-order valence-electron chi connectivity index (χ2n) is 9.44. The highest BCUT2D eigenvalue weighted by Crippen LogP contribution is 2.39. The first-order chi connectivity index (χ1) is 15.7. The molecule has 32 heavy (non-hydrogen) atoms. The van der Waals surface area contributed by atoms with Crippen molar-refractivity contribution >= 4 is 28.9 Å². The number of hydrogen-bond donors (Lipinski definition) is 3. The lowest BCUT2D eigenvalue weighted by molar-refractivity contribution is -0.121. The van der Waals surface area contributed by atoms with Crippen LogP contribution in [0, 0.1) is 5.92 Å². The third kappa shape index (κ3) is 3.85. The number of aromatic nitrogens is 5. The number of fused-ring (bicyclic) bond motifs is 1. The van der Waals surface area contributed by atoms with Crippen molar-refractivity contribution in [2.45, 2.75) is 56.9 Å². The van der Waals surface area contributed by atoms with Crippen LogP contribution in [0.3, 0.4) is 0 Å². The largest absolute Gasteiger partial charge is 0.329 e. The van der Waals surface area contributed by atoms with Gasteiger partial charge in [-0.25, -0.2) is 4.52 Å². The lowest BCUT2D eigenvalue weighted by Gasteiger charge is -2.27. The third-order valence-electron chi connectivity index (χ3n) is 7.01. The van der Waals surface area contributed by atoms with Crippen LogP contribution in [0.1, 0.15) is 56.6 Å². The third-order valence-corrected chi connectivity index (χ3v) is 7.01. The van der Waals surface area contributed by atoms with Crippen LogP contribution in [0.25, 0.3) is 5.52 Å². The molecule has 3 aliphatic rings. The van der Waals surface area contributed by atoms with Gasteiger partial charge < -0.3 is 15.5 Å². The van der Waals surface area contributed by atoms with Crippen LogP contribution < -0.4 is 15.5 Å². The summed E-state index contributed by atoms with van der Waals surface area (Å²) in [5, 5.41) is 19.1. The smallest absolute Gasteiger partial charge is 0.246 e. The monoisotopic (exact) mass is 434 g/mol. The summed E-state index contributed by atoms with van der Waals surface area (Å²) >= 11 is 0. The van der Waals surface area contributed by atoms with Crippen LogP contribution in [0.5, 0.6) is 0 Å². The molecule has 1 aliphatic carbocycles. The fourth-order valence-electron chi connectivity index (χ4n) is 5.12. The van der Waals surface area contributed by atoms with E-state index in [1.807, 2.05) is 22.8 Å². The van der Waals surface area contributed by atoms with Crippen LogP contribution in [0.15, 0.2) is 24.4 Å². The highest BCUT2D eigenvalue weighted by Gasteiger charge is 2.34. The number of H-pyrrole nitrogens is 1. The van der Waals surface area contributed by atoms with E-state index in [4.69, 9.17) is 10.1 Å². The highest BCUT2D eigenvalue weighted by atomic mass is 16.1. The number of anilines is 3. The standard InChI is InChI=1S/C23H30N8O/c32-20(12-15-4-1-9-24-14-15)18-5-2-10-30(18)23-26-22(19-6-3-11-31(19)29-23)25-21-13-17(27-28-21)16-7-8-16/h3,6,11,13,15-16,18,24H,1-2,4-5,7-10,12,14H2,(H2,25,26,27,28,29)/t15?,18-/m0/s1. The van der Waals surface area contributed by atoms with Gasteiger partial charge in [0, 0.05) is 36.8 Å². The fraction of sp³-hybridized carbons (Fsp3) is 0.565. The minimum absolute atomic E-state index is 0.135. The van der Waals surface area contributed by atoms with E-state index in [1.54, 1.807) is 0 Å². The molecule has 0 aromatic carbocycles. The van der Waals surface area contributed by atoms with Gasteiger partial charge in [-0.15, -0.1) is 5.10 Å². The second-order valence-corrected chi connectivity index (χ2v) is 9.44. The van der Waals surface area contributed by atoms with Crippen molar-refractivity contribution in [3.05, 3.63) is 30.1 Å². The molecule has 9 nitrogen and oxygen atoms in total. The van der Waals surface area contributed by atoms with Crippen LogP contribution in [-0.4, -0.2) is 56.3 Å². The van der Waals surface area contributed by atoms with E-state index in [0.717, 1.165) is 56.7 Å². The molecule has 168 valence electrons. The first-order valence-electron chi connectivity index (χ1n) is 11.9. The summed E-state index contributed by atoms with van der Waals surface area (Å²) < 4.78 is 1.84. The normalized spacial score (nSPS) is 23.7. The SMILES string of the molecule is O=C(CC1CCCNC1)[C@@H]1CCCN1c1nc(Nc2cc(C3CC3)[nH]n2)c2cccn2n1. The number of rotatable bonds is 7. The van der Waals surface area contributed by atoms with Crippen molar-refractivity contribution in [1.82, 2.24) is 30.1 Å². The van der Waals surface area contributed by atoms with E-state index in [1.165, 1.54) is 18.5 Å². The number of carbonyl (C=O) groups is 1. The zero-order valence-electron chi connectivity index (χ0n) is 18.3. The van der Waals surface area contributed by atoms with Gasteiger partial charge in [-0.1, -0.05) is 0 Å². The second kappa shape index (κ2) is 8.20. The molecule has 1 unspecified atom stereocenters. The van der Waals surface area contributed by atoms with E-state index < -0.39 is 0 Å². The van der Waals surface area contributed by atoms with Crippen molar-refractivity contribution in [2.75, 3.05) is 29.9 Å². The lowest BCUT2D eigenvalue weighted by atomic mass is 9.91. The van der Waals surface area contributed by atoms with Crippen LogP contribution in [0.4, 0.5) is 17.6 Å². The Hall–Kier alpha value is -2.94. The number of piperidine rings is 1. The van der Waals surface area contributed by atoms with Gasteiger partial charge in [0.15, 0.2) is 17.4 Å². The number of nitrogens with one attached hydrogen (secondary N) is 3. The Balaban J connectivity index is 1.25. The van der Waals surface area contributed by atoms with Crippen molar-refractivity contribution in [2.24, 2.45) is 5.92 Å². The summed E-state index contributed by atoms with van der Waals surface area (Å²) in [5.41, 5.74) is 2.07. The summed E-state index contributed by atoms with van der Waals surface area (Å²) in [6.07, 6.45) is 9.17. The number of ketones is 1. The Labute approximate surface area is 187 Å². The van der Waals surface area contributed by atoms with Crippen LogP contribution in [-0.2, 0) is 4.79 Å². The molecular weight excluding hydrogens is 404 g/mol. The number of aromatic amines is 1. The lowest BCUT2D eigenvalue weighted by Crippen LogP contribution is -2.40. The average molecular weight is 435 g/mol. The van der Waals surface area contributed by atoms with Gasteiger partial charge in [0.25, 0.3) is 0 Å². The molecule has 2 saturated heterocycles. The summed E-state index contributed by atoms with van der Waals surface area (Å²) in [5.74, 6) is 3.46. The summed E-state index contributed by atoms with van der Waals surface area (Å²) in [4.78, 5) is 20.2. The van der Waals surface area contributed by atoms with Gasteiger partial charge in [-0.05, 0) is 69.7 Å². The first kappa shape index (κ1) is 19.7. The molecule has 2 aliphatic heterocycles.